The molecule has 2 rings (SSSR count). The van der Waals surface area contributed by atoms with E-state index in [1.807, 2.05) is 18.2 Å². The minimum absolute atomic E-state index is 0.00652. The Hall–Kier alpha value is -2.07. The molecule has 0 unspecified atom stereocenters. The molecule has 0 aliphatic heterocycles. The molecule has 0 fully saturated rings. The standard InChI is InChI=1S/C16H14ClFO3/c1-20-15(19)9-11-5-2-3-6-12(11)10-21-16-13(17)7-4-8-14(16)18/h2-8H,9-10H2,1H3. The molecule has 0 spiro atoms. The van der Waals surface area contributed by atoms with Crippen LogP contribution in [0, 0.1) is 5.82 Å². The van der Waals surface area contributed by atoms with Gasteiger partial charge in [-0.15, -0.1) is 0 Å². The van der Waals surface area contributed by atoms with Gasteiger partial charge in [-0.1, -0.05) is 41.9 Å². The number of rotatable bonds is 5. The summed E-state index contributed by atoms with van der Waals surface area (Å²) in [6, 6.07) is 11.6. The fourth-order valence-corrected chi connectivity index (χ4v) is 2.09. The van der Waals surface area contributed by atoms with Crippen LogP contribution in [-0.2, 0) is 22.6 Å². The Morgan fingerprint density at radius 2 is 1.86 bits per heavy atom. The van der Waals surface area contributed by atoms with Gasteiger partial charge in [0.05, 0.1) is 18.6 Å². The zero-order chi connectivity index (χ0) is 15.2. The zero-order valence-corrected chi connectivity index (χ0v) is 12.2. The van der Waals surface area contributed by atoms with Crippen LogP contribution in [0.25, 0.3) is 0 Å². The number of hydrogen-bond acceptors (Lipinski definition) is 3. The van der Waals surface area contributed by atoms with Crippen molar-refractivity contribution in [2.75, 3.05) is 7.11 Å². The number of ether oxygens (including phenoxy) is 2. The van der Waals surface area contributed by atoms with Gasteiger partial charge in [0, 0.05) is 0 Å². The highest BCUT2D eigenvalue weighted by Gasteiger charge is 2.11. The molecular weight excluding hydrogens is 295 g/mol. The average molecular weight is 309 g/mol. The van der Waals surface area contributed by atoms with Crippen molar-refractivity contribution in [3.8, 4) is 5.75 Å². The summed E-state index contributed by atoms with van der Waals surface area (Å²) in [5.74, 6) is -0.855. The number of halogens is 2. The van der Waals surface area contributed by atoms with Crippen LogP contribution in [0.1, 0.15) is 11.1 Å². The molecule has 0 saturated carbocycles. The molecule has 0 atom stereocenters. The lowest BCUT2D eigenvalue weighted by molar-refractivity contribution is -0.139. The Morgan fingerprint density at radius 1 is 1.14 bits per heavy atom. The first-order valence-electron chi connectivity index (χ1n) is 6.32. The van der Waals surface area contributed by atoms with Crippen molar-refractivity contribution in [2.24, 2.45) is 0 Å². The summed E-state index contributed by atoms with van der Waals surface area (Å²) < 4.78 is 23.7. The Bertz CT molecular complexity index is 623. The van der Waals surface area contributed by atoms with E-state index in [2.05, 4.69) is 4.74 Å². The lowest BCUT2D eigenvalue weighted by atomic mass is 10.1. The molecule has 3 nitrogen and oxygen atoms in total. The molecule has 2 aromatic carbocycles. The molecule has 21 heavy (non-hydrogen) atoms. The maximum absolute atomic E-state index is 13.6. The third-order valence-corrected chi connectivity index (χ3v) is 3.27. The highest BCUT2D eigenvalue weighted by Crippen LogP contribution is 2.28. The summed E-state index contributed by atoms with van der Waals surface area (Å²) in [7, 11) is 1.33. The van der Waals surface area contributed by atoms with E-state index < -0.39 is 5.82 Å². The van der Waals surface area contributed by atoms with Gasteiger partial charge in [-0.3, -0.25) is 4.79 Å². The second-order valence-electron chi connectivity index (χ2n) is 4.36. The SMILES string of the molecule is COC(=O)Cc1ccccc1COc1c(F)cccc1Cl. The van der Waals surface area contributed by atoms with Crippen molar-refractivity contribution < 1.29 is 18.7 Å². The van der Waals surface area contributed by atoms with Crippen LogP contribution in [-0.4, -0.2) is 13.1 Å². The molecule has 0 aliphatic rings. The van der Waals surface area contributed by atoms with Gasteiger partial charge in [0.2, 0.25) is 0 Å². The fourth-order valence-electron chi connectivity index (χ4n) is 1.87. The van der Waals surface area contributed by atoms with E-state index in [1.165, 1.54) is 19.2 Å². The molecule has 0 heterocycles. The second-order valence-corrected chi connectivity index (χ2v) is 4.77. The molecule has 0 N–H and O–H groups in total. The van der Waals surface area contributed by atoms with E-state index >= 15 is 0 Å². The van der Waals surface area contributed by atoms with Crippen molar-refractivity contribution in [2.45, 2.75) is 13.0 Å². The topological polar surface area (TPSA) is 35.5 Å². The first-order valence-corrected chi connectivity index (χ1v) is 6.70. The number of benzene rings is 2. The highest BCUT2D eigenvalue weighted by atomic mass is 35.5. The van der Waals surface area contributed by atoms with Crippen LogP contribution in [0.4, 0.5) is 4.39 Å². The van der Waals surface area contributed by atoms with E-state index in [1.54, 1.807) is 12.1 Å². The lowest BCUT2D eigenvalue weighted by Gasteiger charge is -2.12. The molecule has 0 bridgehead atoms. The normalized spacial score (nSPS) is 10.2. The third kappa shape index (κ3) is 3.95. The van der Waals surface area contributed by atoms with E-state index in [4.69, 9.17) is 16.3 Å². The van der Waals surface area contributed by atoms with E-state index in [9.17, 15) is 9.18 Å². The number of esters is 1. The summed E-state index contributed by atoms with van der Waals surface area (Å²) in [5.41, 5.74) is 1.55. The predicted molar refractivity (Wildman–Crippen MR) is 77.9 cm³/mol. The van der Waals surface area contributed by atoms with Gasteiger partial charge < -0.3 is 9.47 Å². The molecule has 2 aromatic rings. The van der Waals surface area contributed by atoms with Crippen LogP contribution < -0.4 is 4.74 Å². The zero-order valence-electron chi connectivity index (χ0n) is 11.4. The smallest absolute Gasteiger partial charge is 0.309 e. The Balaban J connectivity index is 2.15. The number of hydrogen-bond donors (Lipinski definition) is 0. The number of methoxy groups -OCH3 is 1. The highest BCUT2D eigenvalue weighted by molar-refractivity contribution is 6.32. The van der Waals surface area contributed by atoms with Crippen molar-refractivity contribution in [3.05, 3.63) is 64.4 Å². The summed E-state index contributed by atoms with van der Waals surface area (Å²) in [6.45, 7) is 0.119. The predicted octanol–water partition coefficient (Wildman–Crippen LogP) is 3.77. The molecule has 0 saturated heterocycles. The van der Waals surface area contributed by atoms with Crippen molar-refractivity contribution in [1.29, 1.82) is 0 Å². The Labute approximate surface area is 127 Å². The van der Waals surface area contributed by atoms with Crippen LogP contribution in [0.15, 0.2) is 42.5 Å². The Morgan fingerprint density at radius 3 is 2.52 bits per heavy atom. The number of para-hydroxylation sites is 1. The fraction of sp³-hybridized carbons (Fsp3) is 0.188. The van der Waals surface area contributed by atoms with Gasteiger partial charge in [0.25, 0.3) is 0 Å². The van der Waals surface area contributed by atoms with E-state index in [0.717, 1.165) is 11.1 Å². The molecule has 0 radical (unpaired) electrons. The monoisotopic (exact) mass is 308 g/mol. The number of carbonyl (C=O) groups excluding carboxylic acids is 1. The third-order valence-electron chi connectivity index (χ3n) is 2.97. The van der Waals surface area contributed by atoms with E-state index in [0.29, 0.717) is 0 Å². The maximum atomic E-state index is 13.6. The molecular formula is C16H14ClFO3. The van der Waals surface area contributed by atoms with Gasteiger partial charge in [-0.05, 0) is 23.3 Å². The summed E-state index contributed by atoms with van der Waals surface area (Å²) in [4.78, 5) is 11.4. The minimum Gasteiger partial charge on any atom is -0.484 e. The molecule has 0 aliphatic carbocycles. The summed E-state index contributed by atoms with van der Waals surface area (Å²) in [6.07, 6.45) is 0.140. The second kappa shape index (κ2) is 7.09. The molecule has 5 heteroatoms. The molecule has 0 aromatic heterocycles. The first kappa shape index (κ1) is 15.3. The van der Waals surface area contributed by atoms with Gasteiger partial charge >= 0.3 is 5.97 Å². The van der Waals surface area contributed by atoms with Crippen molar-refractivity contribution >= 4 is 17.6 Å². The molecule has 110 valence electrons. The molecule has 0 amide bonds. The number of carbonyl (C=O) groups is 1. The lowest BCUT2D eigenvalue weighted by Crippen LogP contribution is -2.08. The van der Waals surface area contributed by atoms with Crippen LogP contribution >= 0.6 is 11.6 Å². The summed E-state index contributed by atoms with van der Waals surface area (Å²) >= 11 is 5.90. The van der Waals surface area contributed by atoms with Crippen LogP contribution in [0.2, 0.25) is 5.02 Å². The largest absolute Gasteiger partial charge is 0.484 e. The average Bonchev–Trinajstić information content (AvgIpc) is 2.48. The van der Waals surface area contributed by atoms with Crippen molar-refractivity contribution in [3.63, 3.8) is 0 Å². The van der Waals surface area contributed by atoms with Crippen molar-refractivity contribution in [1.82, 2.24) is 0 Å². The van der Waals surface area contributed by atoms with Gasteiger partial charge in [-0.2, -0.15) is 0 Å². The van der Waals surface area contributed by atoms with Gasteiger partial charge in [-0.25, -0.2) is 4.39 Å². The van der Waals surface area contributed by atoms with Crippen LogP contribution in [0.5, 0.6) is 5.75 Å². The quantitative estimate of drug-likeness (QED) is 0.789. The first-order chi connectivity index (χ1) is 10.1. The van der Waals surface area contributed by atoms with Crippen LogP contribution in [0.3, 0.4) is 0 Å². The van der Waals surface area contributed by atoms with Gasteiger partial charge in [0.15, 0.2) is 11.6 Å². The Kier molecular flexibility index (Phi) is 5.17. The van der Waals surface area contributed by atoms with Gasteiger partial charge in [0.1, 0.15) is 6.61 Å². The summed E-state index contributed by atoms with van der Waals surface area (Å²) in [5, 5.41) is 0.209. The maximum Gasteiger partial charge on any atom is 0.309 e. The minimum atomic E-state index is -0.520. The van der Waals surface area contributed by atoms with E-state index in [-0.39, 0.29) is 29.8 Å².